The molecule has 2 nitrogen and oxygen atoms in total. The van der Waals surface area contributed by atoms with Gasteiger partial charge in [0.2, 0.25) is 0 Å². The van der Waals surface area contributed by atoms with E-state index in [1.165, 1.54) is 5.56 Å². The Bertz CT molecular complexity index is 608. The highest BCUT2D eigenvalue weighted by atomic mass is 16.5. The standard InChI is InChI=1S/C17H17NO/c1-14-6-4-7-15(12-14)13-19-17-10-3-2-8-16(17)9-5-11-18/h2-4,6-8,10,12H,11,13,18H2,1H3. The molecule has 0 saturated carbocycles. The summed E-state index contributed by atoms with van der Waals surface area (Å²) in [6.07, 6.45) is 0. The van der Waals surface area contributed by atoms with E-state index in [-0.39, 0.29) is 0 Å². The van der Waals surface area contributed by atoms with Crippen molar-refractivity contribution < 1.29 is 4.74 Å². The van der Waals surface area contributed by atoms with Gasteiger partial charge in [0.1, 0.15) is 12.4 Å². The first-order valence-electron chi connectivity index (χ1n) is 6.26. The average molecular weight is 251 g/mol. The molecule has 96 valence electrons. The normalized spacial score (nSPS) is 9.58. The Morgan fingerprint density at radius 2 is 1.95 bits per heavy atom. The molecule has 0 saturated heterocycles. The van der Waals surface area contributed by atoms with Crippen molar-refractivity contribution in [3.63, 3.8) is 0 Å². The summed E-state index contributed by atoms with van der Waals surface area (Å²) in [5.74, 6) is 6.67. The number of hydrogen-bond donors (Lipinski definition) is 1. The molecule has 0 bridgehead atoms. The van der Waals surface area contributed by atoms with Crippen LogP contribution in [0.15, 0.2) is 48.5 Å². The summed E-state index contributed by atoms with van der Waals surface area (Å²) in [5, 5.41) is 0. The van der Waals surface area contributed by atoms with Crippen LogP contribution in [0, 0.1) is 18.8 Å². The molecular formula is C17H17NO. The summed E-state index contributed by atoms with van der Waals surface area (Å²) in [5.41, 5.74) is 8.66. The van der Waals surface area contributed by atoms with Gasteiger partial charge >= 0.3 is 0 Å². The predicted molar refractivity (Wildman–Crippen MR) is 77.9 cm³/mol. The predicted octanol–water partition coefficient (Wildman–Crippen LogP) is 2.88. The maximum atomic E-state index is 5.83. The zero-order valence-electron chi connectivity index (χ0n) is 11.0. The zero-order valence-corrected chi connectivity index (χ0v) is 11.0. The number of hydrogen-bond acceptors (Lipinski definition) is 2. The Morgan fingerprint density at radius 3 is 2.74 bits per heavy atom. The van der Waals surface area contributed by atoms with Crippen molar-refractivity contribution in [1.29, 1.82) is 0 Å². The minimum Gasteiger partial charge on any atom is -0.488 e. The summed E-state index contributed by atoms with van der Waals surface area (Å²) in [7, 11) is 0. The van der Waals surface area contributed by atoms with E-state index in [1.54, 1.807) is 0 Å². The lowest BCUT2D eigenvalue weighted by molar-refractivity contribution is 0.305. The van der Waals surface area contributed by atoms with Crippen LogP contribution >= 0.6 is 0 Å². The zero-order chi connectivity index (χ0) is 13.5. The van der Waals surface area contributed by atoms with E-state index in [4.69, 9.17) is 10.5 Å². The molecule has 0 radical (unpaired) electrons. The Kier molecular flexibility index (Phi) is 4.60. The van der Waals surface area contributed by atoms with Crippen molar-refractivity contribution in [2.75, 3.05) is 6.54 Å². The third kappa shape index (κ3) is 3.87. The fourth-order valence-electron chi connectivity index (χ4n) is 1.81. The highest BCUT2D eigenvalue weighted by Crippen LogP contribution is 2.18. The minimum absolute atomic E-state index is 0.353. The highest BCUT2D eigenvalue weighted by Gasteiger charge is 2.01. The van der Waals surface area contributed by atoms with Crippen LogP contribution < -0.4 is 10.5 Å². The van der Waals surface area contributed by atoms with Crippen LogP contribution in [-0.2, 0) is 6.61 Å². The van der Waals surface area contributed by atoms with Gasteiger partial charge in [-0.3, -0.25) is 0 Å². The third-order valence-corrected chi connectivity index (χ3v) is 2.69. The van der Waals surface area contributed by atoms with E-state index in [1.807, 2.05) is 30.3 Å². The Morgan fingerprint density at radius 1 is 1.11 bits per heavy atom. The topological polar surface area (TPSA) is 35.2 Å². The van der Waals surface area contributed by atoms with Crippen LogP contribution in [0.5, 0.6) is 5.75 Å². The maximum absolute atomic E-state index is 5.83. The van der Waals surface area contributed by atoms with E-state index in [0.29, 0.717) is 13.2 Å². The van der Waals surface area contributed by atoms with Gasteiger partial charge in [-0.25, -0.2) is 0 Å². The lowest BCUT2D eigenvalue weighted by Gasteiger charge is -2.08. The summed E-state index contributed by atoms with van der Waals surface area (Å²) < 4.78 is 5.83. The highest BCUT2D eigenvalue weighted by molar-refractivity contribution is 5.46. The second kappa shape index (κ2) is 6.63. The molecule has 0 atom stereocenters. The van der Waals surface area contributed by atoms with Crippen molar-refractivity contribution in [2.45, 2.75) is 13.5 Å². The maximum Gasteiger partial charge on any atom is 0.135 e. The van der Waals surface area contributed by atoms with Crippen molar-refractivity contribution in [3.05, 3.63) is 65.2 Å². The number of nitrogens with two attached hydrogens (primary N) is 1. The van der Waals surface area contributed by atoms with E-state index < -0.39 is 0 Å². The summed E-state index contributed by atoms with van der Waals surface area (Å²) in [6.45, 7) is 2.97. The number of benzene rings is 2. The molecule has 0 aliphatic rings. The van der Waals surface area contributed by atoms with Gasteiger partial charge in [-0.15, -0.1) is 0 Å². The van der Waals surface area contributed by atoms with E-state index >= 15 is 0 Å². The van der Waals surface area contributed by atoms with Crippen LogP contribution in [0.2, 0.25) is 0 Å². The van der Waals surface area contributed by atoms with Gasteiger partial charge < -0.3 is 10.5 Å². The molecule has 0 spiro atoms. The molecule has 2 aromatic carbocycles. The SMILES string of the molecule is Cc1cccc(COc2ccccc2C#CCN)c1. The summed E-state index contributed by atoms with van der Waals surface area (Å²) >= 11 is 0. The number of para-hydroxylation sites is 1. The molecule has 19 heavy (non-hydrogen) atoms. The molecule has 0 amide bonds. The number of rotatable bonds is 3. The molecule has 0 unspecified atom stereocenters. The third-order valence-electron chi connectivity index (χ3n) is 2.69. The first kappa shape index (κ1) is 13.2. The van der Waals surface area contributed by atoms with E-state index in [9.17, 15) is 0 Å². The molecule has 0 aliphatic carbocycles. The minimum atomic E-state index is 0.353. The monoisotopic (exact) mass is 251 g/mol. The van der Waals surface area contributed by atoms with Crippen LogP contribution in [-0.4, -0.2) is 6.54 Å². The molecule has 2 heteroatoms. The van der Waals surface area contributed by atoms with Crippen molar-refractivity contribution in [1.82, 2.24) is 0 Å². The molecule has 0 fully saturated rings. The van der Waals surface area contributed by atoms with Gasteiger partial charge in [0.15, 0.2) is 0 Å². The lowest BCUT2D eigenvalue weighted by Crippen LogP contribution is -1.98. The molecule has 2 aromatic rings. The fourth-order valence-corrected chi connectivity index (χ4v) is 1.81. The van der Waals surface area contributed by atoms with Gasteiger partial charge in [0.05, 0.1) is 12.1 Å². The molecular weight excluding hydrogens is 234 g/mol. The van der Waals surface area contributed by atoms with Crippen molar-refractivity contribution in [3.8, 4) is 17.6 Å². The van der Waals surface area contributed by atoms with E-state index in [0.717, 1.165) is 16.9 Å². The largest absolute Gasteiger partial charge is 0.488 e. The molecule has 2 rings (SSSR count). The smallest absolute Gasteiger partial charge is 0.135 e. The molecule has 2 N–H and O–H groups in total. The van der Waals surface area contributed by atoms with Gasteiger partial charge in [-0.2, -0.15) is 0 Å². The summed E-state index contributed by atoms with van der Waals surface area (Å²) in [6, 6.07) is 16.0. The number of ether oxygens (including phenoxy) is 1. The Balaban J connectivity index is 2.11. The Labute approximate surface area is 114 Å². The van der Waals surface area contributed by atoms with Crippen LogP contribution in [0.1, 0.15) is 16.7 Å². The van der Waals surface area contributed by atoms with Crippen molar-refractivity contribution >= 4 is 0 Å². The van der Waals surface area contributed by atoms with Crippen LogP contribution in [0.4, 0.5) is 0 Å². The lowest BCUT2D eigenvalue weighted by atomic mass is 10.1. The van der Waals surface area contributed by atoms with E-state index in [2.05, 4.69) is 37.0 Å². The fraction of sp³-hybridized carbons (Fsp3) is 0.176. The van der Waals surface area contributed by atoms with Gasteiger partial charge in [-0.05, 0) is 24.6 Å². The van der Waals surface area contributed by atoms with Gasteiger partial charge in [0.25, 0.3) is 0 Å². The Hall–Kier alpha value is -2.24. The summed E-state index contributed by atoms with van der Waals surface area (Å²) in [4.78, 5) is 0. The second-order valence-electron chi connectivity index (χ2n) is 4.28. The van der Waals surface area contributed by atoms with Gasteiger partial charge in [-0.1, -0.05) is 53.8 Å². The first-order chi connectivity index (χ1) is 9.29. The quantitative estimate of drug-likeness (QED) is 0.851. The number of aryl methyl sites for hydroxylation is 1. The van der Waals surface area contributed by atoms with Crippen molar-refractivity contribution in [2.24, 2.45) is 5.73 Å². The second-order valence-corrected chi connectivity index (χ2v) is 4.28. The molecule has 0 heterocycles. The first-order valence-corrected chi connectivity index (χ1v) is 6.26. The van der Waals surface area contributed by atoms with Crippen LogP contribution in [0.25, 0.3) is 0 Å². The van der Waals surface area contributed by atoms with Crippen LogP contribution in [0.3, 0.4) is 0 Å². The average Bonchev–Trinajstić information content (AvgIpc) is 2.44. The van der Waals surface area contributed by atoms with Gasteiger partial charge in [0, 0.05) is 0 Å². The molecule has 0 aromatic heterocycles. The molecule has 0 aliphatic heterocycles.